The summed E-state index contributed by atoms with van der Waals surface area (Å²) in [5.74, 6) is 0. The van der Waals surface area contributed by atoms with Crippen LogP contribution in [0.3, 0.4) is 0 Å². The van der Waals surface area contributed by atoms with Gasteiger partial charge in [0.2, 0.25) is 0 Å². The maximum Gasteiger partial charge on any atom is 0.124 e. The summed E-state index contributed by atoms with van der Waals surface area (Å²) < 4.78 is 0.0471. The lowest BCUT2D eigenvalue weighted by molar-refractivity contribution is 1.23. The second-order valence-corrected chi connectivity index (χ2v) is 10.1. The SMILES string of the molecule is IC1(I)c2ccccc2-c2c1ccc1ccccc21. The van der Waals surface area contributed by atoms with Crippen LogP contribution >= 0.6 is 45.2 Å². The van der Waals surface area contributed by atoms with E-state index in [-0.39, 0.29) is 1.43 Å². The smallest absolute Gasteiger partial charge is 0.0619 e. The van der Waals surface area contributed by atoms with Crippen LogP contribution in [0.1, 0.15) is 11.1 Å². The van der Waals surface area contributed by atoms with Gasteiger partial charge in [-0.1, -0.05) is 106 Å². The molecule has 2 heteroatoms. The molecule has 0 N–H and O–H groups in total. The van der Waals surface area contributed by atoms with E-state index in [0.717, 1.165) is 0 Å². The highest BCUT2D eigenvalue weighted by atomic mass is 127. The molecule has 0 nitrogen and oxygen atoms in total. The Morgan fingerprint density at radius 1 is 0.684 bits per heavy atom. The summed E-state index contributed by atoms with van der Waals surface area (Å²) in [5.41, 5.74) is 5.65. The Kier molecular flexibility index (Phi) is 2.68. The number of halogens is 2. The first kappa shape index (κ1) is 12.1. The molecular formula is C17H10I2. The van der Waals surface area contributed by atoms with Crippen molar-refractivity contribution in [3.63, 3.8) is 0 Å². The Morgan fingerprint density at radius 3 is 2.32 bits per heavy atom. The molecule has 0 atom stereocenters. The van der Waals surface area contributed by atoms with Crippen LogP contribution in [0.25, 0.3) is 21.9 Å². The predicted octanol–water partition coefficient (Wildman–Crippen LogP) is 5.89. The van der Waals surface area contributed by atoms with Crippen molar-refractivity contribution >= 4 is 56.0 Å². The highest BCUT2D eigenvalue weighted by Gasteiger charge is 2.39. The van der Waals surface area contributed by atoms with Gasteiger partial charge in [-0.15, -0.1) is 0 Å². The minimum absolute atomic E-state index is 0.0471. The van der Waals surface area contributed by atoms with E-state index in [9.17, 15) is 0 Å². The Balaban J connectivity index is 2.22. The van der Waals surface area contributed by atoms with Gasteiger partial charge in [-0.3, -0.25) is 0 Å². The first-order valence-electron chi connectivity index (χ1n) is 6.19. The molecule has 0 spiro atoms. The Labute approximate surface area is 139 Å². The predicted molar refractivity (Wildman–Crippen MR) is 98.2 cm³/mol. The second kappa shape index (κ2) is 4.19. The lowest BCUT2D eigenvalue weighted by atomic mass is 9.98. The fraction of sp³-hybridized carbons (Fsp3) is 0.0588. The highest BCUT2D eigenvalue weighted by Crippen LogP contribution is 2.58. The lowest BCUT2D eigenvalue weighted by Crippen LogP contribution is -2.05. The molecule has 3 aromatic carbocycles. The van der Waals surface area contributed by atoms with Crippen LogP contribution in [0.5, 0.6) is 0 Å². The van der Waals surface area contributed by atoms with Crippen LogP contribution in [-0.4, -0.2) is 0 Å². The number of hydrogen-bond donors (Lipinski definition) is 0. The third kappa shape index (κ3) is 1.62. The molecular weight excluding hydrogens is 458 g/mol. The van der Waals surface area contributed by atoms with Gasteiger partial charge < -0.3 is 0 Å². The standard InChI is InChI=1S/C17H10I2/c18-17(19)14-8-4-3-7-13(14)16-12-6-2-1-5-11(12)9-10-15(16)17/h1-10H. The summed E-state index contributed by atoms with van der Waals surface area (Å²) in [5, 5.41) is 2.68. The maximum atomic E-state index is 2.57. The van der Waals surface area contributed by atoms with E-state index in [2.05, 4.69) is 106 Å². The van der Waals surface area contributed by atoms with Gasteiger partial charge in [0.1, 0.15) is 1.43 Å². The van der Waals surface area contributed by atoms with Crippen molar-refractivity contribution in [1.82, 2.24) is 0 Å². The average molecular weight is 468 g/mol. The summed E-state index contributed by atoms with van der Waals surface area (Å²) in [6, 6.07) is 22.0. The van der Waals surface area contributed by atoms with E-state index < -0.39 is 0 Å². The van der Waals surface area contributed by atoms with Crippen LogP contribution in [0, 0.1) is 0 Å². The zero-order valence-corrected chi connectivity index (χ0v) is 14.3. The monoisotopic (exact) mass is 468 g/mol. The van der Waals surface area contributed by atoms with Crippen LogP contribution in [0.4, 0.5) is 0 Å². The number of hydrogen-bond acceptors (Lipinski definition) is 0. The molecule has 0 heterocycles. The minimum Gasteiger partial charge on any atom is -0.0619 e. The largest absolute Gasteiger partial charge is 0.124 e. The summed E-state index contributed by atoms with van der Waals surface area (Å²) in [4.78, 5) is 0. The third-order valence-corrected chi connectivity index (χ3v) is 6.13. The van der Waals surface area contributed by atoms with Crippen molar-refractivity contribution in [1.29, 1.82) is 0 Å². The van der Waals surface area contributed by atoms with E-state index in [1.165, 1.54) is 33.0 Å². The molecule has 3 aromatic rings. The molecule has 0 aliphatic heterocycles. The number of benzene rings is 3. The molecule has 1 aliphatic rings. The molecule has 0 saturated heterocycles. The van der Waals surface area contributed by atoms with Crippen LogP contribution in [0.2, 0.25) is 0 Å². The zero-order chi connectivity index (χ0) is 13.0. The third-order valence-electron chi connectivity index (χ3n) is 3.80. The molecule has 0 amide bonds. The molecule has 1 aliphatic carbocycles. The van der Waals surface area contributed by atoms with Crippen LogP contribution < -0.4 is 0 Å². The topological polar surface area (TPSA) is 0 Å². The molecule has 0 saturated carbocycles. The fourth-order valence-corrected chi connectivity index (χ4v) is 4.78. The van der Waals surface area contributed by atoms with Gasteiger partial charge >= 0.3 is 0 Å². The van der Waals surface area contributed by atoms with Crippen molar-refractivity contribution in [3.8, 4) is 11.1 Å². The van der Waals surface area contributed by atoms with Crippen LogP contribution in [-0.2, 0) is 1.43 Å². The first-order chi connectivity index (χ1) is 9.19. The summed E-state index contributed by atoms with van der Waals surface area (Å²) in [6.07, 6.45) is 0. The number of fused-ring (bicyclic) bond motifs is 5. The van der Waals surface area contributed by atoms with Gasteiger partial charge in [0, 0.05) is 0 Å². The number of rotatable bonds is 0. The quantitative estimate of drug-likeness (QED) is 0.285. The van der Waals surface area contributed by atoms with Crippen molar-refractivity contribution in [2.45, 2.75) is 1.43 Å². The summed E-state index contributed by atoms with van der Waals surface area (Å²) in [6.45, 7) is 0. The second-order valence-electron chi connectivity index (χ2n) is 4.83. The van der Waals surface area contributed by atoms with Gasteiger partial charge in [-0.25, -0.2) is 0 Å². The maximum absolute atomic E-state index is 2.57. The van der Waals surface area contributed by atoms with Crippen molar-refractivity contribution in [3.05, 3.63) is 71.8 Å². The molecule has 19 heavy (non-hydrogen) atoms. The van der Waals surface area contributed by atoms with E-state index in [1.807, 2.05) is 0 Å². The first-order valence-corrected chi connectivity index (χ1v) is 8.35. The van der Waals surface area contributed by atoms with Crippen LogP contribution in [0.15, 0.2) is 60.7 Å². The van der Waals surface area contributed by atoms with Gasteiger partial charge in [0.15, 0.2) is 0 Å². The Bertz CT molecular complexity index is 803. The molecule has 0 unspecified atom stereocenters. The molecule has 0 aromatic heterocycles. The number of alkyl halides is 2. The molecule has 0 fully saturated rings. The van der Waals surface area contributed by atoms with E-state index in [1.54, 1.807) is 0 Å². The van der Waals surface area contributed by atoms with E-state index >= 15 is 0 Å². The van der Waals surface area contributed by atoms with E-state index in [4.69, 9.17) is 0 Å². The fourth-order valence-electron chi connectivity index (χ4n) is 2.94. The van der Waals surface area contributed by atoms with Crippen molar-refractivity contribution < 1.29 is 0 Å². The average Bonchev–Trinajstić information content (AvgIpc) is 2.68. The minimum atomic E-state index is 0.0471. The van der Waals surface area contributed by atoms with Crippen molar-refractivity contribution in [2.75, 3.05) is 0 Å². The summed E-state index contributed by atoms with van der Waals surface area (Å²) >= 11 is 5.14. The lowest BCUT2D eigenvalue weighted by Gasteiger charge is -2.17. The normalized spacial score (nSPS) is 15.3. The zero-order valence-electron chi connectivity index (χ0n) is 10.0. The van der Waals surface area contributed by atoms with Crippen molar-refractivity contribution in [2.24, 2.45) is 0 Å². The Morgan fingerprint density at radius 2 is 1.42 bits per heavy atom. The highest BCUT2D eigenvalue weighted by molar-refractivity contribution is 14.2. The molecule has 92 valence electrons. The molecule has 0 radical (unpaired) electrons. The van der Waals surface area contributed by atoms with E-state index in [0.29, 0.717) is 0 Å². The van der Waals surface area contributed by atoms with Gasteiger partial charge in [0.25, 0.3) is 0 Å². The molecule has 0 bridgehead atoms. The summed E-state index contributed by atoms with van der Waals surface area (Å²) in [7, 11) is 0. The Hall–Kier alpha value is -0.620. The van der Waals surface area contributed by atoms with Gasteiger partial charge in [0.05, 0.1) is 0 Å². The molecule has 4 rings (SSSR count). The van der Waals surface area contributed by atoms with Gasteiger partial charge in [-0.05, 0) is 33.0 Å². The van der Waals surface area contributed by atoms with Gasteiger partial charge in [-0.2, -0.15) is 0 Å².